The third-order valence-electron chi connectivity index (χ3n) is 4.46. The van der Waals surface area contributed by atoms with Crippen LogP contribution in [0.5, 0.6) is 11.5 Å². The van der Waals surface area contributed by atoms with Gasteiger partial charge >= 0.3 is 0 Å². The van der Waals surface area contributed by atoms with Crippen molar-refractivity contribution in [3.63, 3.8) is 0 Å². The second-order valence-electron chi connectivity index (χ2n) is 8.77. The van der Waals surface area contributed by atoms with Crippen molar-refractivity contribution in [3.05, 3.63) is 48.5 Å². The molecule has 0 fully saturated rings. The molecule has 2 rings (SSSR count). The van der Waals surface area contributed by atoms with Crippen molar-refractivity contribution < 1.29 is 19.1 Å². The lowest BCUT2D eigenvalue weighted by Gasteiger charge is -2.11. The molecule has 0 aliphatic rings. The highest BCUT2D eigenvalue weighted by molar-refractivity contribution is 5.92. The van der Waals surface area contributed by atoms with Crippen molar-refractivity contribution in [1.82, 2.24) is 0 Å². The van der Waals surface area contributed by atoms with Crippen LogP contribution in [0.25, 0.3) is 0 Å². The van der Waals surface area contributed by atoms with Crippen LogP contribution in [0, 0.1) is 11.8 Å². The molecular weight excluding hydrogens is 404 g/mol. The lowest BCUT2D eigenvalue weighted by molar-refractivity contribution is -0.118. The quantitative estimate of drug-likeness (QED) is 0.381. The minimum Gasteiger partial charge on any atom is -0.493 e. The minimum atomic E-state index is -0.0681. The highest BCUT2D eigenvalue weighted by Gasteiger charge is 2.07. The van der Waals surface area contributed by atoms with Gasteiger partial charge in [0.05, 0.1) is 13.2 Å². The molecule has 0 aliphatic carbocycles. The minimum absolute atomic E-state index is 0.0681. The Hall–Kier alpha value is -3.02. The summed E-state index contributed by atoms with van der Waals surface area (Å²) in [5, 5.41) is 5.78. The zero-order chi connectivity index (χ0) is 23.3. The first-order chi connectivity index (χ1) is 15.3. The molecule has 6 heteroatoms. The maximum absolute atomic E-state index is 12.2. The first kappa shape index (κ1) is 25.2. The standard InChI is InChI=1S/C26H36N2O4/c1-19(2)17-31-23-11-7-9-21(15-23)27-25(29)13-5-6-14-26(30)28-22-10-8-12-24(16-22)32-18-20(3)4/h7-12,15-16,19-20H,5-6,13-14,17-18H2,1-4H3,(H,27,29)(H,28,30). The van der Waals surface area contributed by atoms with Crippen molar-refractivity contribution in [1.29, 1.82) is 0 Å². The number of amides is 2. The lowest BCUT2D eigenvalue weighted by atomic mass is 10.1. The molecule has 0 saturated heterocycles. The van der Waals surface area contributed by atoms with Crippen LogP contribution < -0.4 is 20.1 Å². The van der Waals surface area contributed by atoms with Gasteiger partial charge in [-0.3, -0.25) is 9.59 Å². The van der Waals surface area contributed by atoms with Crippen molar-refractivity contribution in [2.75, 3.05) is 23.8 Å². The van der Waals surface area contributed by atoms with Crippen LogP contribution in [0.15, 0.2) is 48.5 Å². The molecule has 0 radical (unpaired) electrons. The molecule has 2 aromatic carbocycles. The van der Waals surface area contributed by atoms with E-state index < -0.39 is 0 Å². The molecule has 0 spiro atoms. The monoisotopic (exact) mass is 440 g/mol. The zero-order valence-corrected chi connectivity index (χ0v) is 19.6. The highest BCUT2D eigenvalue weighted by atomic mass is 16.5. The van der Waals surface area contributed by atoms with Crippen LogP contribution in [0.1, 0.15) is 53.4 Å². The summed E-state index contributed by atoms with van der Waals surface area (Å²) in [6.07, 6.45) is 2.01. The number of carbonyl (C=O) groups is 2. The number of hydrogen-bond donors (Lipinski definition) is 2. The molecule has 0 aliphatic heterocycles. The fourth-order valence-corrected chi connectivity index (χ4v) is 2.87. The molecular formula is C26H36N2O4. The van der Waals surface area contributed by atoms with Crippen LogP contribution in [-0.4, -0.2) is 25.0 Å². The number of anilines is 2. The molecule has 0 heterocycles. The molecule has 0 atom stereocenters. The molecule has 6 nitrogen and oxygen atoms in total. The van der Waals surface area contributed by atoms with E-state index in [2.05, 4.69) is 38.3 Å². The maximum atomic E-state index is 12.2. The molecule has 32 heavy (non-hydrogen) atoms. The van der Waals surface area contributed by atoms with E-state index in [1.54, 1.807) is 0 Å². The Kier molecular flexibility index (Phi) is 10.6. The van der Waals surface area contributed by atoms with E-state index >= 15 is 0 Å². The van der Waals surface area contributed by atoms with Gasteiger partial charge in [-0.2, -0.15) is 0 Å². The van der Waals surface area contributed by atoms with E-state index in [-0.39, 0.29) is 11.8 Å². The number of ether oxygens (including phenoxy) is 2. The van der Waals surface area contributed by atoms with Crippen LogP contribution in [0.4, 0.5) is 11.4 Å². The van der Waals surface area contributed by atoms with Gasteiger partial charge in [0, 0.05) is 36.3 Å². The molecule has 0 saturated carbocycles. The molecule has 0 unspecified atom stereocenters. The summed E-state index contributed by atoms with van der Waals surface area (Å²) in [6, 6.07) is 14.8. The fourth-order valence-electron chi connectivity index (χ4n) is 2.87. The van der Waals surface area contributed by atoms with Gasteiger partial charge in [0.1, 0.15) is 11.5 Å². The largest absolute Gasteiger partial charge is 0.493 e. The fraction of sp³-hybridized carbons (Fsp3) is 0.462. The summed E-state index contributed by atoms with van der Waals surface area (Å²) in [4.78, 5) is 24.4. The number of rotatable bonds is 13. The normalized spacial score (nSPS) is 10.8. The number of unbranched alkanes of at least 4 members (excludes halogenated alkanes) is 1. The van der Waals surface area contributed by atoms with Gasteiger partial charge in [0.15, 0.2) is 0 Å². The third-order valence-corrected chi connectivity index (χ3v) is 4.46. The Labute approximate surface area is 191 Å². The summed E-state index contributed by atoms with van der Waals surface area (Å²) in [7, 11) is 0. The van der Waals surface area contributed by atoms with E-state index in [0.717, 1.165) is 11.5 Å². The van der Waals surface area contributed by atoms with Crippen LogP contribution in [0.2, 0.25) is 0 Å². The number of hydrogen-bond acceptors (Lipinski definition) is 4. The molecule has 0 aromatic heterocycles. The molecule has 2 N–H and O–H groups in total. The van der Waals surface area contributed by atoms with Crippen LogP contribution in [-0.2, 0) is 9.59 Å². The van der Waals surface area contributed by atoms with Gasteiger partial charge in [-0.05, 0) is 48.9 Å². The van der Waals surface area contributed by atoms with Crippen molar-refractivity contribution in [2.24, 2.45) is 11.8 Å². The average Bonchev–Trinajstić information content (AvgIpc) is 2.74. The molecule has 0 bridgehead atoms. The molecule has 2 aromatic rings. The maximum Gasteiger partial charge on any atom is 0.224 e. The van der Waals surface area contributed by atoms with Crippen molar-refractivity contribution in [3.8, 4) is 11.5 Å². The number of carbonyl (C=O) groups excluding carboxylic acids is 2. The van der Waals surface area contributed by atoms with Gasteiger partial charge in [0.25, 0.3) is 0 Å². The Morgan fingerprint density at radius 1 is 0.719 bits per heavy atom. The summed E-state index contributed by atoms with van der Waals surface area (Å²) >= 11 is 0. The second kappa shape index (κ2) is 13.4. The Bertz CT molecular complexity index is 793. The van der Waals surface area contributed by atoms with E-state index in [1.807, 2.05) is 48.5 Å². The Balaban J connectivity index is 1.68. The first-order valence-electron chi connectivity index (χ1n) is 11.4. The topological polar surface area (TPSA) is 76.7 Å². The van der Waals surface area contributed by atoms with Gasteiger partial charge in [-0.15, -0.1) is 0 Å². The summed E-state index contributed by atoms with van der Waals surface area (Å²) in [5.74, 6) is 2.22. The number of benzene rings is 2. The second-order valence-corrected chi connectivity index (χ2v) is 8.77. The Morgan fingerprint density at radius 3 is 1.50 bits per heavy atom. The van der Waals surface area contributed by atoms with Crippen molar-refractivity contribution in [2.45, 2.75) is 53.4 Å². The first-order valence-corrected chi connectivity index (χ1v) is 11.4. The third kappa shape index (κ3) is 10.3. The summed E-state index contributed by atoms with van der Waals surface area (Å²) < 4.78 is 11.4. The molecule has 2 amide bonds. The van der Waals surface area contributed by atoms with E-state index in [9.17, 15) is 9.59 Å². The van der Waals surface area contributed by atoms with Gasteiger partial charge < -0.3 is 20.1 Å². The van der Waals surface area contributed by atoms with Crippen LogP contribution >= 0.6 is 0 Å². The lowest BCUT2D eigenvalue weighted by Crippen LogP contribution is -2.13. The van der Waals surface area contributed by atoms with Crippen molar-refractivity contribution >= 4 is 23.2 Å². The Morgan fingerprint density at radius 2 is 1.12 bits per heavy atom. The summed E-state index contributed by atoms with van der Waals surface area (Å²) in [5.41, 5.74) is 1.43. The predicted octanol–water partition coefficient (Wildman–Crippen LogP) is 5.89. The average molecular weight is 441 g/mol. The predicted molar refractivity (Wildman–Crippen MR) is 129 cm³/mol. The van der Waals surface area contributed by atoms with Crippen LogP contribution in [0.3, 0.4) is 0 Å². The molecule has 174 valence electrons. The van der Waals surface area contributed by atoms with Gasteiger partial charge in [-0.25, -0.2) is 0 Å². The number of nitrogens with one attached hydrogen (secondary N) is 2. The SMILES string of the molecule is CC(C)COc1cccc(NC(=O)CCCCC(=O)Nc2cccc(OCC(C)C)c2)c1. The van der Waals surface area contributed by atoms with E-state index in [1.165, 1.54) is 0 Å². The van der Waals surface area contributed by atoms with E-state index in [0.29, 0.717) is 62.1 Å². The van der Waals surface area contributed by atoms with E-state index in [4.69, 9.17) is 9.47 Å². The smallest absolute Gasteiger partial charge is 0.224 e. The highest BCUT2D eigenvalue weighted by Crippen LogP contribution is 2.20. The van der Waals surface area contributed by atoms with Gasteiger partial charge in [0.2, 0.25) is 11.8 Å². The zero-order valence-electron chi connectivity index (χ0n) is 19.6. The summed E-state index contributed by atoms with van der Waals surface area (Å²) in [6.45, 7) is 9.62. The van der Waals surface area contributed by atoms with Gasteiger partial charge in [-0.1, -0.05) is 39.8 Å².